The highest BCUT2D eigenvalue weighted by molar-refractivity contribution is 5.80. The van der Waals surface area contributed by atoms with Crippen LogP contribution in [0.5, 0.6) is 0 Å². The van der Waals surface area contributed by atoms with Crippen LogP contribution >= 0.6 is 0 Å². The van der Waals surface area contributed by atoms with Crippen molar-refractivity contribution in [1.29, 1.82) is 0 Å². The molecule has 4 aliphatic rings. The van der Waals surface area contributed by atoms with E-state index in [1.54, 1.807) is 11.1 Å². The highest BCUT2D eigenvalue weighted by atomic mass is 16.3. The van der Waals surface area contributed by atoms with Gasteiger partial charge >= 0.3 is 0 Å². The van der Waals surface area contributed by atoms with E-state index in [-0.39, 0.29) is 5.41 Å². The van der Waals surface area contributed by atoms with Crippen molar-refractivity contribution in [2.75, 3.05) is 19.0 Å². The second-order valence-corrected chi connectivity index (χ2v) is 11.1. The van der Waals surface area contributed by atoms with Crippen molar-refractivity contribution in [1.82, 2.24) is 0 Å². The summed E-state index contributed by atoms with van der Waals surface area (Å²) in [5.41, 5.74) is 4.71. The molecule has 3 fully saturated rings. The van der Waals surface area contributed by atoms with Crippen molar-refractivity contribution in [3.8, 4) is 11.8 Å². The van der Waals surface area contributed by atoms with E-state index in [9.17, 15) is 9.90 Å². The quantitative estimate of drug-likeness (QED) is 0.497. The van der Waals surface area contributed by atoms with Gasteiger partial charge in [-0.25, -0.2) is 0 Å². The van der Waals surface area contributed by atoms with Crippen LogP contribution in [-0.4, -0.2) is 30.6 Å². The van der Waals surface area contributed by atoms with Crippen LogP contribution in [0.4, 0.5) is 5.69 Å². The number of nitrogens with zero attached hydrogens (tertiary/aromatic N) is 1. The fraction of sp³-hybridized carbons (Fsp3) is 0.621. The van der Waals surface area contributed by atoms with E-state index in [0.29, 0.717) is 35.9 Å². The lowest BCUT2D eigenvalue weighted by Crippen LogP contribution is -2.51. The molecule has 3 heteroatoms. The number of allylic oxidation sites excluding steroid dienone is 2. The summed E-state index contributed by atoms with van der Waals surface area (Å²) in [5.74, 6) is 8.50. The zero-order valence-corrected chi connectivity index (χ0v) is 20.1. The van der Waals surface area contributed by atoms with E-state index in [2.05, 4.69) is 62.0 Å². The highest BCUT2D eigenvalue weighted by Crippen LogP contribution is 2.66. The topological polar surface area (TPSA) is 40.5 Å². The predicted molar refractivity (Wildman–Crippen MR) is 129 cm³/mol. The number of hydrogen-bond acceptors (Lipinski definition) is 3. The summed E-state index contributed by atoms with van der Waals surface area (Å²) in [4.78, 5) is 14.4. The van der Waals surface area contributed by atoms with Gasteiger partial charge in [-0.05, 0) is 80.9 Å². The van der Waals surface area contributed by atoms with Gasteiger partial charge in [0.05, 0.1) is 0 Å². The van der Waals surface area contributed by atoms with Gasteiger partial charge in [-0.3, -0.25) is 4.79 Å². The van der Waals surface area contributed by atoms with Crippen LogP contribution in [0.3, 0.4) is 0 Å². The molecule has 0 radical (unpaired) electrons. The molecule has 6 atom stereocenters. The lowest BCUT2D eigenvalue weighted by atomic mass is 9.50. The number of carbonyl (C=O) groups is 1. The molecule has 0 bridgehead atoms. The lowest BCUT2D eigenvalue weighted by Gasteiger charge is -2.54. The van der Waals surface area contributed by atoms with Crippen LogP contribution in [-0.2, 0) is 4.79 Å². The number of Topliss-reactive ketones (excluding diaryl/α,β-unsaturated/α-hetero) is 1. The van der Waals surface area contributed by atoms with Crippen LogP contribution in [0.15, 0.2) is 35.4 Å². The van der Waals surface area contributed by atoms with Crippen molar-refractivity contribution in [3.05, 3.63) is 41.0 Å². The van der Waals surface area contributed by atoms with Gasteiger partial charge in [0.2, 0.25) is 0 Å². The van der Waals surface area contributed by atoms with Crippen LogP contribution < -0.4 is 4.90 Å². The Morgan fingerprint density at radius 2 is 1.84 bits per heavy atom. The minimum Gasteiger partial charge on any atom is -0.378 e. The van der Waals surface area contributed by atoms with Gasteiger partial charge in [0.1, 0.15) is 11.4 Å². The summed E-state index contributed by atoms with van der Waals surface area (Å²) >= 11 is 0. The summed E-state index contributed by atoms with van der Waals surface area (Å²) in [5, 5.41) is 11.7. The predicted octanol–water partition coefficient (Wildman–Crippen LogP) is 5.49. The highest BCUT2D eigenvalue weighted by Gasteiger charge is 2.62. The zero-order valence-electron chi connectivity index (χ0n) is 20.1. The second-order valence-electron chi connectivity index (χ2n) is 11.1. The number of benzene rings is 1. The first-order valence-corrected chi connectivity index (χ1v) is 12.5. The normalized spacial score (nSPS) is 38.3. The van der Waals surface area contributed by atoms with Crippen LogP contribution in [0.1, 0.15) is 76.7 Å². The van der Waals surface area contributed by atoms with Crippen molar-refractivity contribution in [2.24, 2.45) is 23.2 Å². The molecular weight excluding hydrogens is 394 g/mol. The third-order valence-corrected chi connectivity index (χ3v) is 9.45. The first kappa shape index (κ1) is 21.8. The molecule has 0 saturated heterocycles. The SMILES string of the molecule is CC#C[C@]1(O)CCC2C3CCC4CC(=O)CCC4=C3C(c3ccc(N(C)C)cc3)C[C@@]21C. The van der Waals surface area contributed by atoms with Gasteiger partial charge in [-0.2, -0.15) is 0 Å². The fourth-order valence-corrected chi connectivity index (χ4v) is 7.80. The molecule has 32 heavy (non-hydrogen) atoms. The summed E-state index contributed by atoms with van der Waals surface area (Å²) in [6.45, 7) is 4.17. The Morgan fingerprint density at radius 3 is 2.53 bits per heavy atom. The van der Waals surface area contributed by atoms with Gasteiger partial charge in [0.25, 0.3) is 0 Å². The Bertz CT molecular complexity index is 1010. The van der Waals surface area contributed by atoms with Gasteiger partial charge in [0, 0.05) is 44.0 Å². The summed E-state index contributed by atoms with van der Waals surface area (Å²) < 4.78 is 0. The molecule has 4 aliphatic carbocycles. The Kier molecular flexibility index (Phi) is 5.29. The second kappa shape index (κ2) is 7.77. The molecule has 1 aromatic rings. The number of fused-ring (bicyclic) bond motifs is 4. The van der Waals surface area contributed by atoms with Crippen molar-refractivity contribution in [2.45, 2.75) is 76.7 Å². The molecule has 5 rings (SSSR count). The molecule has 0 heterocycles. The minimum atomic E-state index is -0.899. The number of ketones is 1. The largest absolute Gasteiger partial charge is 0.378 e. The average molecular weight is 432 g/mol. The van der Waals surface area contributed by atoms with E-state index in [1.165, 1.54) is 11.3 Å². The Labute approximate surface area is 193 Å². The summed E-state index contributed by atoms with van der Waals surface area (Å²) in [6.07, 6.45) is 7.46. The minimum absolute atomic E-state index is 0.201. The molecule has 4 unspecified atom stereocenters. The number of anilines is 1. The fourth-order valence-electron chi connectivity index (χ4n) is 7.80. The molecule has 1 aromatic carbocycles. The smallest absolute Gasteiger partial charge is 0.133 e. The molecule has 3 nitrogen and oxygen atoms in total. The molecular formula is C29H37NO2. The first-order valence-electron chi connectivity index (χ1n) is 12.5. The summed E-state index contributed by atoms with van der Waals surface area (Å²) in [7, 11) is 4.16. The first-order chi connectivity index (χ1) is 15.3. The molecule has 0 aromatic heterocycles. The third kappa shape index (κ3) is 3.18. The van der Waals surface area contributed by atoms with E-state index in [4.69, 9.17) is 0 Å². The monoisotopic (exact) mass is 431 g/mol. The summed E-state index contributed by atoms with van der Waals surface area (Å²) in [6, 6.07) is 9.04. The van der Waals surface area contributed by atoms with Crippen LogP contribution in [0, 0.1) is 35.0 Å². The van der Waals surface area contributed by atoms with Crippen molar-refractivity contribution in [3.63, 3.8) is 0 Å². The Hall–Kier alpha value is -2.05. The van der Waals surface area contributed by atoms with Crippen LogP contribution in [0.25, 0.3) is 0 Å². The lowest BCUT2D eigenvalue weighted by molar-refractivity contribution is -0.120. The van der Waals surface area contributed by atoms with E-state index in [1.807, 2.05) is 6.92 Å². The average Bonchev–Trinajstić information content (AvgIpc) is 3.03. The van der Waals surface area contributed by atoms with Gasteiger partial charge in [-0.15, -0.1) is 5.92 Å². The maximum atomic E-state index is 12.2. The maximum Gasteiger partial charge on any atom is 0.133 e. The Balaban J connectivity index is 1.64. The molecule has 170 valence electrons. The van der Waals surface area contributed by atoms with E-state index >= 15 is 0 Å². The molecule has 0 aliphatic heterocycles. The molecule has 0 spiro atoms. The van der Waals surface area contributed by atoms with Crippen LogP contribution in [0.2, 0.25) is 0 Å². The number of carbonyl (C=O) groups excluding carboxylic acids is 1. The van der Waals surface area contributed by atoms with Crippen molar-refractivity contribution < 1.29 is 9.90 Å². The van der Waals surface area contributed by atoms with Gasteiger partial charge < -0.3 is 10.0 Å². The van der Waals surface area contributed by atoms with Gasteiger partial charge in [-0.1, -0.05) is 36.1 Å². The standard InChI is InChI=1S/C29H37NO2/c1-5-15-29(32)16-14-26-24-12-8-20-17-22(31)11-13-23(20)27(24)25(18-28(26,29)2)19-6-9-21(10-7-19)30(3)4/h6-7,9-10,20,24-26,32H,8,11-14,16-18H2,1-4H3/t20?,24?,25?,26?,28-,29-/m0/s1. The van der Waals surface area contributed by atoms with E-state index < -0.39 is 5.60 Å². The number of aliphatic hydroxyl groups is 1. The molecule has 3 saturated carbocycles. The van der Waals surface area contributed by atoms with E-state index in [0.717, 1.165) is 44.9 Å². The number of rotatable bonds is 2. The Morgan fingerprint density at radius 1 is 1.09 bits per heavy atom. The number of hydrogen-bond donors (Lipinski definition) is 1. The third-order valence-electron chi connectivity index (χ3n) is 9.45. The van der Waals surface area contributed by atoms with Crippen molar-refractivity contribution >= 4 is 11.5 Å². The zero-order chi connectivity index (χ0) is 22.7. The molecule has 1 N–H and O–H groups in total. The maximum absolute atomic E-state index is 12.2. The molecule has 0 amide bonds. The van der Waals surface area contributed by atoms with Gasteiger partial charge in [0.15, 0.2) is 0 Å².